The zero-order valence-corrected chi connectivity index (χ0v) is 19.4. The fraction of sp³-hybridized carbons (Fsp3) is 0.435. The highest BCUT2D eigenvalue weighted by atomic mass is 35.5. The second kappa shape index (κ2) is 10.4. The van der Waals surface area contributed by atoms with Crippen molar-refractivity contribution in [3.8, 4) is 11.5 Å². The summed E-state index contributed by atoms with van der Waals surface area (Å²) in [5.74, 6) is 0.721. The number of halogens is 2. The third kappa shape index (κ3) is 6.53. The van der Waals surface area contributed by atoms with E-state index >= 15 is 0 Å². The molecule has 0 amide bonds. The SMILES string of the molecule is CC(=O)OC(C)COc1ccc(C(C)(C)c2cc(Cl)c(OCC(C)O)c(Cl)c2)cc1. The number of aliphatic hydroxyl groups excluding tert-OH is 1. The van der Waals surface area contributed by atoms with Crippen molar-refractivity contribution in [2.75, 3.05) is 13.2 Å². The van der Waals surface area contributed by atoms with E-state index in [0.717, 1.165) is 11.1 Å². The first-order chi connectivity index (χ1) is 14.0. The molecule has 0 radical (unpaired) electrons. The van der Waals surface area contributed by atoms with Crippen LogP contribution in [-0.2, 0) is 14.9 Å². The average molecular weight is 455 g/mol. The number of ether oxygens (including phenoxy) is 3. The second-order valence-electron chi connectivity index (χ2n) is 7.81. The first kappa shape index (κ1) is 24.3. The summed E-state index contributed by atoms with van der Waals surface area (Å²) in [6.07, 6.45) is -0.941. The van der Waals surface area contributed by atoms with E-state index in [2.05, 4.69) is 13.8 Å². The minimum atomic E-state index is -0.619. The molecule has 2 rings (SSSR count). The molecule has 2 atom stereocenters. The van der Waals surface area contributed by atoms with E-state index in [4.69, 9.17) is 37.4 Å². The number of esters is 1. The van der Waals surface area contributed by atoms with E-state index in [9.17, 15) is 9.90 Å². The summed E-state index contributed by atoms with van der Waals surface area (Å²) in [7, 11) is 0. The van der Waals surface area contributed by atoms with Crippen molar-refractivity contribution in [3.63, 3.8) is 0 Å². The number of rotatable bonds is 9. The molecule has 2 aromatic carbocycles. The van der Waals surface area contributed by atoms with Crippen LogP contribution in [-0.4, -0.2) is 36.5 Å². The van der Waals surface area contributed by atoms with Crippen LogP contribution >= 0.6 is 23.2 Å². The van der Waals surface area contributed by atoms with Crippen LogP contribution in [0.5, 0.6) is 11.5 Å². The maximum Gasteiger partial charge on any atom is 0.303 e. The summed E-state index contributed by atoms with van der Waals surface area (Å²) < 4.78 is 16.3. The Balaban J connectivity index is 2.15. The number of aliphatic hydroxyl groups is 1. The minimum Gasteiger partial charge on any atom is -0.490 e. The zero-order chi connectivity index (χ0) is 22.5. The lowest BCUT2D eigenvalue weighted by Gasteiger charge is -2.27. The summed E-state index contributed by atoms with van der Waals surface area (Å²) in [5.41, 5.74) is 1.60. The van der Waals surface area contributed by atoms with Crippen LogP contribution in [0, 0.1) is 0 Å². The van der Waals surface area contributed by atoms with E-state index < -0.39 is 6.10 Å². The molecule has 0 heterocycles. The summed E-state index contributed by atoms with van der Waals surface area (Å²) in [4.78, 5) is 11.0. The zero-order valence-electron chi connectivity index (χ0n) is 17.9. The fourth-order valence-corrected chi connectivity index (χ4v) is 3.52. The highest BCUT2D eigenvalue weighted by Crippen LogP contribution is 2.40. The predicted molar refractivity (Wildman–Crippen MR) is 119 cm³/mol. The van der Waals surface area contributed by atoms with Gasteiger partial charge in [0.2, 0.25) is 0 Å². The molecule has 0 aliphatic heterocycles. The fourth-order valence-electron chi connectivity index (χ4n) is 2.93. The Morgan fingerprint density at radius 1 is 1.00 bits per heavy atom. The summed E-state index contributed by atoms with van der Waals surface area (Å²) >= 11 is 12.8. The predicted octanol–water partition coefficient (Wildman–Crippen LogP) is 5.41. The summed E-state index contributed by atoms with van der Waals surface area (Å²) in [6.45, 7) is 9.32. The molecule has 7 heteroatoms. The van der Waals surface area contributed by atoms with Crippen molar-refractivity contribution in [1.29, 1.82) is 0 Å². The van der Waals surface area contributed by atoms with Gasteiger partial charge in [-0.15, -0.1) is 0 Å². The summed E-state index contributed by atoms with van der Waals surface area (Å²) in [6, 6.07) is 11.4. The maximum absolute atomic E-state index is 11.0. The molecule has 0 aromatic heterocycles. The van der Waals surface area contributed by atoms with E-state index in [1.807, 2.05) is 36.4 Å². The number of hydrogen-bond donors (Lipinski definition) is 1. The number of carbonyl (C=O) groups excluding carboxylic acids is 1. The van der Waals surface area contributed by atoms with Gasteiger partial charge in [0.15, 0.2) is 5.75 Å². The molecule has 2 unspecified atom stereocenters. The molecule has 2 aromatic rings. The van der Waals surface area contributed by atoms with Gasteiger partial charge in [-0.25, -0.2) is 0 Å². The lowest BCUT2D eigenvalue weighted by molar-refractivity contribution is -0.146. The molecule has 0 fully saturated rings. The van der Waals surface area contributed by atoms with Gasteiger partial charge in [-0.3, -0.25) is 4.79 Å². The van der Waals surface area contributed by atoms with Gasteiger partial charge in [0.05, 0.1) is 16.1 Å². The Kier molecular flexibility index (Phi) is 8.42. The number of hydrogen-bond acceptors (Lipinski definition) is 5. The standard InChI is InChI=1S/C23H28Cl2O5/c1-14(26)12-29-22-20(24)10-18(11-21(22)25)23(4,5)17-6-8-19(9-7-17)28-13-15(2)30-16(3)27/h6-11,14-15,26H,12-13H2,1-5H3. The quantitative estimate of drug-likeness (QED) is 0.513. The van der Waals surface area contributed by atoms with Crippen molar-refractivity contribution < 1.29 is 24.1 Å². The number of carbonyl (C=O) groups is 1. The van der Waals surface area contributed by atoms with E-state index in [0.29, 0.717) is 21.5 Å². The van der Waals surface area contributed by atoms with Crippen LogP contribution in [0.1, 0.15) is 45.7 Å². The first-order valence-electron chi connectivity index (χ1n) is 9.71. The van der Waals surface area contributed by atoms with Crippen LogP contribution in [0.2, 0.25) is 10.0 Å². The van der Waals surface area contributed by atoms with Crippen molar-refractivity contribution in [2.24, 2.45) is 0 Å². The van der Waals surface area contributed by atoms with Crippen molar-refractivity contribution in [1.82, 2.24) is 0 Å². The first-order valence-corrected chi connectivity index (χ1v) is 10.5. The Hall–Kier alpha value is -1.95. The van der Waals surface area contributed by atoms with Gasteiger partial charge in [-0.2, -0.15) is 0 Å². The molecular formula is C23H28Cl2O5. The Morgan fingerprint density at radius 3 is 2.07 bits per heavy atom. The Labute approximate surface area is 187 Å². The summed E-state index contributed by atoms with van der Waals surface area (Å²) in [5, 5.41) is 10.2. The lowest BCUT2D eigenvalue weighted by atomic mass is 9.78. The third-order valence-electron chi connectivity index (χ3n) is 4.62. The van der Waals surface area contributed by atoms with E-state index in [-0.39, 0.29) is 30.7 Å². The highest BCUT2D eigenvalue weighted by Gasteiger charge is 2.26. The Bertz CT molecular complexity index is 839. The monoisotopic (exact) mass is 454 g/mol. The third-order valence-corrected chi connectivity index (χ3v) is 5.18. The Morgan fingerprint density at radius 2 is 1.57 bits per heavy atom. The van der Waals surface area contributed by atoms with Crippen LogP contribution in [0.15, 0.2) is 36.4 Å². The molecule has 0 aliphatic rings. The van der Waals surface area contributed by atoms with Crippen molar-refractivity contribution in [3.05, 3.63) is 57.6 Å². The largest absolute Gasteiger partial charge is 0.490 e. The highest BCUT2D eigenvalue weighted by molar-refractivity contribution is 6.37. The molecule has 0 bridgehead atoms. The van der Waals surface area contributed by atoms with Gasteiger partial charge in [-0.05, 0) is 49.2 Å². The van der Waals surface area contributed by atoms with Crippen LogP contribution in [0.4, 0.5) is 0 Å². The molecule has 5 nitrogen and oxygen atoms in total. The smallest absolute Gasteiger partial charge is 0.303 e. The molecule has 0 aliphatic carbocycles. The molecule has 0 saturated heterocycles. The molecule has 0 saturated carbocycles. The van der Waals surface area contributed by atoms with Gasteiger partial charge in [-0.1, -0.05) is 49.2 Å². The van der Waals surface area contributed by atoms with Crippen LogP contribution in [0.25, 0.3) is 0 Å². The van der Waals surface area contributed by atoms with Crippen LogP contribution in [0.3, 0.4) is 0 Å². The normalized spacial score (nSPS) is 13.5. The lowest BCUT2D eigenvalue weighted by Crippen LogP contribution is -2.21. The maximum atomic E-state index is 11.0. The van der Waals surface area contributed by atoms with Crippen LogP contribution < -0.4 is 9.47 Å². The topological polar surface area (TPSA) is 65.0 Å². The molecule has 0 spiro atoms. The molecule has 30 heavy (non-hydrogen) atoms. The molecule has 164 valence electrons. The van der Waals surface area contributed by atoms with Gasteiger partial charge in [0.25, 0.3) is 0 Å². The van der Waals surface area contributed by atoms with Gasteiger partial charge in [0, 0.05) is 12.3 Å². The second-order valence-corrected chi connectivity index (χ2v) is 8.62. The van der Waals surface area contributed by atoms with E-state index in [1.165, 1.54) is 6.92 Å². The van der Waals surface area contributed by atoms with Gasteiger partial charge in [0.1, 0.15) is 25.1 Å². The molecular weight excluding hydrogens is 427 g/mol. The average Bonchev–Trinajstić information content (AvgIpc) is 2.65. The van der Waals surface area contributed by atoms with Gasteiger partial charge < -0.3 is 19.3 Å². The minimum absolute atomic E-state index is 0.111. The van der Waals surface area contributed by atoms with Crippen molar-refractivity contribution in [2.45, 2.75) is 52.2 Å². The number of benzene rings is 2. The van der Waals surface area contributed by atoms with E-state index in [1.54, 1.807) is 13.8 Å². The molecule has 1 N–H and O–H groups in total. The van der Waals surface area contributed by atoms with Gasteiger partial charge >= 0.3 is 5.97 Å². The van der Waals surface area contributed by atoms with Crippen molar-refractivity contribution >= 4 is 29.2 Å².